The highest BCUT2D eigenvalue weighted by Gasteiger charge is 2.07. The van der Waals surface area contributed by atoms with Crippen LogP contribution in [0.2, 0.25) is 0 Å². The largest absolute Gasteiger partial charge is 0.462 e. The predicted molar refractivity (Wildman–Crippen MR) is 70.7 cm³/mol. The Balaban J connectivity index is 2.38. The molecule has 0 saturated carbocycles. The summed E-state index contributed by atoms with van der Waals surface area (Å²) in [7, 11) is 0. The third kappa shape index (κ3) is 5.13. The van der Waals surface area contributed by atoms with Gasteiger partial charge in [-0.1, -0.05) is 17.2 Å². The minimum absolute atomic E-state index is 0.177. The number of esters is 1. The molecule has 3 heteroatoms. The van der Waals surface area contributed by atoms with Gasteiger partial charge in [0.25, 0.3) is 0 Å². The molecule has 0 unspecified atom stereocenters. The van der Waals surface area contributed by atoms with E-state index in [4.69, 9.17) is 4.74 Å². The highest BCUT2D eigenvalue weighted by molar-refractivity contribution is 5.89. The van der Waals surface area contributed by atoms with E-state index in [-0.39, 0.29) is 11.8 Å². The van der Waals surface area contributed by atoms with E-state index in [2.05, 4.69) is 0 Å². The van der Waals surface area contributed by atoms with Crippen LogP contribution in [-0.4, -0.2) is 18.4 Å². The SMILES string of the molecule is CC(=O)CCCCOC(=O)c1cc(C)cc(C)c1. The van der Waals surface area contributed by atoms with Gasteiger partial charge in [0.2, 0.25) is 0 Å². The van der Waals surface area contributed by atoms with E-state index >= 15 is 0 Å². The number of hydrogen-bond acceptors (Lipinski definition) is 3. The Labute approximate surface area is 108 Å². The standard InChI is InChI=1S/C15H20O3/c1-11-8-12(2)10-14(9-11)15(17)18-7-5-4-6-13(3)16/h8-10H,4-7H2,1-3H3. The predicted octanol–water partition coefficient (Wildman–Crippen LogP) is 3.22. The van der Waals surface area contributed by atoms with E-state index < -0.39 is 0 Å². The molecule has 0 spiro atoms. The summed E-state index contributed by atoms with van der Waals surface area (Å²) < 4.78 is 5.17. The summed E-state index contributed by atoms with van der Waals surface area (Å²) in [5.74, 6) is -0.111. The molecule has 1 aromatic rings. The first-order chi connectivity index (χ1) is 8.49. The second-order valence-corrected chi connectivity index (χ2v) is 4.67. The fourth-order valence-electron chi connectivity index (χ4n) is 1.82. The third-order valence-electron chi connectivity index (χ3n) is 2.61. The number of rotatable bonds is 6. The van der Waals surface area contributed by atoms with Crippen molar-refractivity contribution < 1.29 is 14.3 Å². The number of carbonyl (C=O) groups is 2. The van der Waals surface area contributed by atoms with Crippen molar-refractivity contribution in [1.29, 1.82) is 0 Å². The maximum absolute atomic E-state index is 11.8. The van der Waals surface area contributed by atoms with Crippen LogP contribution < -0.4 is 0 Å². The van der Waals surface area contributed by atoms with Crippen LogP contribution in [0.25, 0.3) is 0 Å². The molecule has 0 atom stereocenters. The maximum Gasteiger partial charge on any atom is 0.338 e. The average molecular weight is 248 g/mol. The van der Waals surface area contributed by atoms with Crippen LogP contribution in [0.15, 0.2) is 18.2 Å². The van der Waals surface area contributed by atoms with Gasteiger partial charge in [-0.3, -0.25) is 0 Å². The van der Waals surface area contributed by atoms with Crippen LogP contribution in [-0.2, 0) is 9.53 Å². The molecule has 0 aliphatic heterocycles. The van der Waals surface area contributed by atoms with E-state index in [1.165, 1.54) is 0 Å². The number of unbranched alkanes of at least 4 members (excludes halogenated alkanes) is 1. The van der Waals surface area contributed by atoms with Crippen LogP contribution in [0.4, 0.5) is 0 Å². The van der Waals surface area contributed by atoms with Crippen LogP contribution in [0.5, 0.6) is 0 Å². The lowest BCUT2D eigenvalue weighted by Gasteiger charge is -2.06. The topological polar surface area (TPSA) is 43.4 Å². The lowest BCUT2D eigenvalue weighted by Crippen LogP contribution is -2.07. The van der Waals surface area contributed by atoms with Crippen LogP contribution in [0, 0.1) is 13.8 Å². The number of ether oxygens (including phenoxy) is 1. The first-order valence-corrected chi connectivity index (χ1v) is 6.24. The first-order valence-electron chi connectivity index (χ1n) is 6.24. The Morgan fingerprint density at radius 1 is 1.06 bits per heavy atom. The minimum atomic E-state index is -0.287. The monoisotopic (exact) mass is 248 g/mol. The summed E-state index contributed by atoms with van der Waals surface area (Å²) in [6.45, 7) is 5.86. The fourth-order valence-corrected chi connectivity index (χ4v) is 1.82. The van der Waals surface area contributed by atoms with Gasteiger partial charge in [-0.15, -0.1) is 0 Å². The minimum Gasteiger partial charge on any atom is -0.462 e. The molecular weight excluding hydrogens is 228 g/mol. The van der Waals surface area contributed by atoms with Gasteiger partial charge in [0.1, 0.15) is 5.78 Å². The number of hydrogen-bond donors (Lipinski definition) is 0. The molecule has 0 saturated heterocycles. The molecule has 0 aromatic heterocycles. The van der Waals surface area contributed by atoms with Crippen LogP contribution in [0.1, 0.15) is 47.7 Å². The molecule has 1 aromatic carbocycles. The second kappa shape index (κ2) is 6.94. The Hall–Kier alpha value is -1.64. The number of carbonyl (C=O) groups excluding carboxylic acids is 2. The Bertz CT molecular complexity index is 415. The van der Waals surface area contributed by atoms with Crippen molar-refractivity contribution in [3.05, 3.63) is 34.9 Å². The van der Waals surface area contributed by atoms with Crippen molar-refractivity contribution in [3.63, 3.8) is 0 Å². The molecule has 0 N–H and O–H groups in total. The molecule has 0 amide bonds. The van der Waals surface area contributed by atoms with Crippen molar-refractivity contribution in [2.45, 2.75) is 40.0 Å². The Morgan fingerprint density at radius 2 is 1.67 bits per heavy atom. The Kier molecular flexibility index (Phi) is 5.56. The lowest BCUT2D eigenvalue weighted by atomic mass is 10.1. The molecule has 1 rings (SSSR count). The zero-order chi connectivity index (χ0) is 13.5. The summed E-state index contributed by atoms with van der Waals surface area (Å²) >= 11 is 0. The number of Topliss-reactive ketones (excluding diaryl/α,β-unsaturated/α-hetero) is 1. The van der Waals surface area contributed by atoms with Gasteiger partial charge in [-0.25, -0.2) is 4.79 Å². The smallest absolute Gasteiger partial charge is 0.338 e. The molecule has 0 radical (unpaired) electrons. The number of benzene rings is 1. The van der Waals surface area contributed by atoms with Gasteiger partial charge in [0.05, 0.1) is 12.2 Å². The van der Waals surface area contributed by atoms with Crippen molar-refractivity contribution in [2.75, 3.05) is 6.61 Å². The summed E-state index contributed by atoms with van der Waals surface area (Å²) in [5.41, 5.74) is 2.70. The quantitative estimate of drug-likeness (QED) is 0.573. The van der Waals surface area contributed by atoms with Gasteiger partial charge < -0.3 is 9.53 Å². The second-order valence-electron chi connectivity index (χ2n) is 4.67. The normalized spacial score (nSPS) is 10.2. The van der Waals surface area contributed by atoms with Crippen molar-refractivity contribution >= 4 is 11.8 Å². The highest BCUT2D eigenvalue weighted by atomic mass is 16.5. The summed E-state index contributed by atoms with van der Waals surface area (Å²) in [6, 6.07) is 5.67. The molecule has 98 valence electrons. The summed E-state index contributed by atoms with van der Waals surface area (Å²) in [5, 5.41) is 0. The van der Waals surface area contributed by atoms with Gasteiger partial charge >= 0.3 is 5.97 Å². The molecule has 0 aliphatic carbocycles. The van der Waals surface area contributed by atoms with Gasteiger partial charge in [0, 0.05) is 6.42 Å². The van der Waals surface area contributed by atoms with E-state index in [1.54, 1.807) is 6.92 Å². The third-order valence-corrected chi connectivity index (χ3v) is 2.61. The Morgan fingerprint density at radius 3 is 2.22 bits per heavy atom. The summed E-state index contributed by atoms with van der Waals surface area (Å²) in [6.07, 6.45) is 2.06. The van der Waals surface area contributed by atoms with Crippen LogP contribution in [0.3, 0.4) is 0 Å². The van der Waals surface area contributed by atoms with E-state index in [0.29, 0.717) is 18.6 Å². The molecule has 3 nitrogen and oxygen atoms in total. The lowest BCUT2D eigenvalue weighted by molar-refractivity contribution is -0.117. The van der Waals surface area contributed by atoms with Crippen molar-refractivity contribution in [3.8, 4) is 0 Å². The average Bonchev–Trinajstić information content (AvgIpc) is 2.26. The van der Waals surface area contributed by atoms with Gasteiger partial charge in [-0.05, 0) is 45.7 Å². The van der Waals surface area contributed by atoms with Crippen LogP contribution >= 0.6 is 0 Å². The van der Waals surface area contributed by atoms with Crippen molar-refractivity contribution in [2.24, 2.45) is 0 Å². The molecule has 18 heavy (non-hydrogen) atoms. The maximum atomic E-state index is 11.8. The molecule has 0 heterocycles. The fraction of sp³-hybridized carbons (Fsp3) is 0.467. The number of ketones is 1. The first kappa shape index (κ1) is 14.4. The zero-order valence-electron chi connectivity index (χ0n) is 11.3. The van der Waals surface area contributed by atoms with E-state index in [9.17, 15) is 9.59 Å². The molecule has 0 fully saturated rings. The molecular formula is C15H20O3. The molecule has 0 bridgehead atoms. The number of aryl methyl sites for hydroxylation is 2. The van der Waals surface area contributed by atoms with Crippen molar-refractivity contribution in [1.82, 2.24) is 0 Å². The summed E-state index contributed by atoms with van der Waals surface area (Å²) in [4.78, 5) is 22.5. The van der Waals surface area contributed by atoms with E-state index in [1.807, 2.05) is 32.0 Å². The van der Waals surface area contributed by atoms with E-state index in [0.717, 1.165) is 24.0 Å². The van der Waals surface area contributed by atoms with Gasteiger partial charge in [0.15, 0.2) is 0 Å². The zero-order valence-corrected chi connectivity index (χ0v) is 11.3. The van der Waals surface area contributed by atoms with Gasteiger partial charge in [-0.2, -0.15) is 0 Å². The molecule has 0 aliphatic rings. The highest BCUT2D eigenvalue weighted by Crippen LogP contribution is 2.10.